The number of methoxy groups -OCH3 is 1. The molecule has 2 heterocycles. The van der Waals surface area contributed by atoms with Gasteiger partial charge in [-0.2, -0.15) is 0 Å². The Hall–Kier alpha value is -3.19. The lowest BCUT2D eigenvalue weighted by molar-refractivity contribution is -0.115. The lowest BCUT2D eigenvalue weighted by Crippen LogP contribution is -2.14. The summed E-state index contributed by atoms with van der Waals surface area (Å²) >= 11 is 1.57. The molecule has 0 saturated carbocycles. The fraction of sp³-hybridized carbons (Fsp3) is 0.143. The Labute approximate surface area is 166 Å². The minimum Gasteiger partial charge on any atom is -0.497 e. The van der Waals surface area contributed by atoms with Crippen molar-refractivity contribution in [1.82, 2.24) is 9.55 Å². The third kappa shape index (κ3) is 3.89. The number of anilines is 1. The molecule has 0 saturated heterocycles. The predicted octanol–water partition coefficient (Wildman–Crippen LogP) is 4.51. The van der Waals surface area contributed by atoms with E-state index in [-0.39, 0.29) is 12.3 Å². The summed E-state index contributed by atoms with van der Waals surface area (Å²) < 4.78 is 12.7. The minimum absolute atomic E-state index is 0.0944. The highest BCUT2D eigenvalue weighted by Gasteiger charge is 2.12. The molecule has 1 amide bonds. The molecule has 0 atom stereocenters. The molecule has 1 N–H and O–H groups in total. The largest absolute Gasteiger partial charge is 0.497 e. The zero-order valence-electron chi connectivity index (χ0n) is 15.5. The fourth-order valence-electron chi connectivity index (χ4n) is 2.87. The molecule has 142 valence electrons. The molecule has 6 nitrogen and oxygen atoms in total. The van der Waals surface area contributed by atoms with Crippen LogP contribution >= 0.6 is 11.8 Å². The summed E-state index contributed by atoms with van der Waals surface area (Å²) in [6, 6.07) is 13.3. The van der Waals surface area contributed by atoms with Gasteiger partial charge in [-0.15, -0.1) is 0 Å². The molecule has 0 radical (unpaired) electrons. The number of hydrogen-bond donors (Lipinski definition) is 1. The Bertz CT molecular complexity index is 1120. The normalized spacial score (nSPS) is 10.9. The van der Waals surface area contributed by atoms with Gasteiger partial charge in [-0.1, -0.05) is 11.8 Å². The Balaban J connectivity index is 1.40. The smallest absolute Gasteiger partial charge is 0.228 e. The van der Waals surface area contributed by atoms with Gasteiger partial charge in [0.2, 0.25) is 5.91 Å². The van der Waals surface area contributed by atoms with Crippen molar-refractivity contribution >= 4 is 34.3 Å². The monoisotopic (exact) mass is 393 g/mol. The molecular formula is C21H19N3O3S. The van der Waals surface area contributed by atoms with Crippen LogP contribution < -0.4 is 10.1 Å². The topological polar surface area (TPSA) is 69.3 Å². The number of ether oxygens (including phenoxy) is 1. The number of amides is 1. The van der Waals surface area contributed by atoms with E-state index in [4.69, 9.17) is 9.15 Å². The maximum atomic E-state index is 12.4. The molecule has 0 aliphatic carbocycles. The van der Waals surface area contributed by atoms with E-state index in [0.717, 1.165) is 32.4 Å². The summed E-state index contributed by atoms with van der Waals surface area (Å²) in [5.41, 5.74) is 2.30. The SMILES string of the molecule is COc1ccc2c(CC(=O)Nc3ccc(Sc4nccn4C)cc3)coc2c1. The van der Waals surface area contributed by atoms with E-state index in [1.54, 1.807) is 31.3 Å². The van der Waals surface area contributed by atoms with E-state index in [0.29, 0.717) is 5.58 Å². The van der Waals surface area contributed by atoms with Gasteiger partial charge < -0.3 is 19.0 Å². The van der Waals surface area contributed by atoms with Gasteiger partial charge in [0.25, 0.3) is 0 Å². The van der Waals surface area contributed by atoms with Crippen molar-refractivity contribution in [2.45, 2.75) is 16.5 Å². The van der Waals surface area contributed by atoms with E-state index >= 15 is 0 Å². The van der Waals surface area contributed by atoms with E-state index in [1.165, 1.54) is 0 Å². The molecule has 4 aromatic rings. The Morgan fingerprint density at radius 3 is 2.79 bits per heavy atom. The summed E-state index contributed by atoms with van der Waals surface area (Å²) in [4.78, 5) is 17.8. The zero-order chi connectivity index (χ0) is 19.5. The number of aryl methyl sites for hydroxylation is 1. The highest BCUT2D eigenvalue weighted by molar-refractivity contribution is 7.99. The average Bonchev–Trinajstić information content (AvgIpc) is 3.29. The van der Waals surface area contributed by atoms with Gasteiger partial charge in [0.1, 0.15) is 11.3 Å². The van der Waals surface area contributed by atoms with Crippen LogP contribution in [0.3, 0.4) is 0 Å². The second kappa shape index (κ2) is 7.82. The predicted molar refractivity (Wildman–Crippen MR) is 109 cm³/mol. The molecule has 0 fully saturated rings. The van der Waals surface area contributed by atoms with Crippen LogP contribution in [0.4, 0.5) is 5.69 Å². The van der Waals surface area contributed by atoms with Crippen molar-refractivity contribution in [3.63, 3.8) is 0 Å². The number of carbonyl (C=O) groups excluding carboxylic acids is 1. The highest BCUT2D eigenvalue weighted by atomic mass is 32.2. The first-order chi connectivity index (χ1) is 13.6. The van der Waals surface area contributed by atoms with E-state index < -0.39 is 0 Å². The second-order valence-corrected chi connectivity index (χ2v) is 7.34. The summed E-state index contributed by atoms with van der Waals surface area (Å²) in [5, 5.41) is 4.76. The molecule has 0 aliphatic rings. The first kappa shape index (κ1) is 18.2. The molecule has 2 aromatic carbocycles. The Morgan fingerprint density at radius 1 is 1.25 bits per heavy atom. The lowest BCUT2D eigenvalue weighted by Gasteiger charge is -2.06. The molecule has 0 unspecified atom stereocenters. The maximum absolute atomic E-state index is 12.4. The van der Waals surface area contributed by atoms with Crippen LogP contribution in [0, 0.1) is 0 Å². The number of nitrogens with zero attached hydrogens (tertiary/aromatic N) is 2. The Morgan fingerprint density at radius 2 is 2.07 bits per heavy atom. The number of aromatic nitrogens is 2. The number of imidazole rings is 1. The third-order valence-electron chi connectivity index (χ3n) is 4.34. The van der Waals surface area contributed by atoms with Crippen LogP contribution in [-0.4, -0.2) is 22.6 Å². The summed E-state index contributed by atoms with van der Waals surface area (Å²) in [7, 11) is 3.57. The highest BCUT2D eigenvalue weighted by Crippen LogP contribution is 2.28. The van der Waals surface area contributed by atoms with Gasteiger partial charge in [-0.25, -0.2) is 4.98 Å². The molecule has 2 aromatic heterocycles. The van der Waals surface area contributed by atoms with Crippen LogP contribution in [0.2, 0.25) is 0 Å². The van der Waals surface area contributed by atoms with Crippen LogP contribution in [0.5, 0.6) is 5.75 Å². The van der Waals surface area contributed by atoms with Crippen molar-refractivity contribution in [3.8, 4) is 5.75 Å². The van der Waals surface area contributed by atoms with Gasteiger partial charge in [-0.3, -0.25) is 4.79 Å². The number of carbonyl (C=O) groups is 1. The fourth-order valence-corrected chi connectivity index (χ4v) is 3.67. The number of furan rings is 1. The van der Waals surface area contributed by atoms with E-state index in [9.17, 15) is 4.79 Å². The van der Waals surface area contributed by atoms with Crippen molar-refractivity contribution in [1.29, 1.82) is 0 Å². The summed E-state index contributed by atoms with van der Waals surface area (Å²) in [6.07, 6.45) is 5.54. The van der Waals surface area contributed by atoms with Crippen LogP contribution in [0.15, 0.2) is 75.6 Å². The van der Waals surface area contributed by atoms with Gasteiger partial charge in [0.05, 0.1) is 19.8 Å². The molecule has 7 heteroatoms. The van der Waals surface area contributed by atoms with Gasteiger partial charge >= 0.3 is 0 Å². The third-order valence-corrected chi connectivity index (χ3v) is 5.42. The van der Waals surface area contributed by atoms with Gasteiger partial charge in [-0.05, 0) is 36.4 Å². The van der Waals surface area contributed by atoms with Gasteiger partial charge in [0.15, 0.2) is 5.16 Å². The Kier molecular flexibility index (Phi) is 5.08. The number of hydrogen-bond acceptors (Lipinski definition) is 5. The first-order valence-electron chi connectivity index (χ1n) is 8.71. The van der Waals surface area contributed by atoms with E-state index in [1.807, 2.05) is 60.3 Å². The molecular weight excluding hydrogens is 374 g/mol. The lowest BCUT2D eigenvalue weighted by atomic mass is 10.1. The number of nitrogens with one attached hydrogen (secondary N) is 1. The summed E-state index contributed by atoms with van der Waals surface area (Å²) in [5.74, 6) is 0.629. The maximum Gasteiger partial charge on any atom is 0.228 e. The van der Waals surface area contributed by atoms with Crippen molar-refractivity contribution in [2.24, 2.45) is 7.05 Å². The molecule has 0 bridgehead atoms. The van der Waals surface area contributed by atoms with Crippen molar-refractivity contribution in [2.75, 3.05) is 12.4 Å². The number of fused-ring (bicyclic) bond motifs is 1. The first-order valence-corrected chi connectivity index (χ1v) is 9.53. The molecule has 28 heavy (non-hydrogen) atoms. The van der Waals surface area contributed by atoms with Crippen molar-refractivity contribution in [3.05, 3.63) is 66.7 Å². The zero-order valence-corrected chi connectivity index (χ0v) is 16.3. The average molecular weight is 393 g/mol. The number of benzene rings is 2. The molecule has 0 aliphatic heterocycles. The molecule has 0 spiro atoms. The standard InChI is InChI=1S/C21H19N3O3S/c1-24-10-9-22-21(24)28-17-6-3-15(4-7-17)23-20(25)11-14-13-27-19-12-16(26-2)5-8-18(14)19/h3-10,12-13H,11H2,1-2H3,(H,23,25). The molecule has 4 rings (SSSR count). The van der Waals surface area contributed by atoms with E-state index in [2.05, 4.69) is 10.3 Å². The van der Waals surface area contributed by atoms with Crippen LogP contribution in [0.1, 0.15) is 5.56 Å². The number of rotatable bonds is 6. The quantitative estimate of drug-likeness (QED) is 0.522. The summed E-state index contributed by atoms with van der Waals surface area (Å²) in [6.45, 7) is 0. The minimum atomic E-state index is -0.0944. The van der Waals surface area contributed by atoms with Crippen LogP contribution in [-0.2, 0) is 18.3 Å². The van der Waals surface area contributed by atoms with Crippen LogP contribution in [0.25, 0.3) is 11.0 Å². The van der Waals surface area contributed by atoms with Crippen molar-refractivity contribution < 1.29 is 13.9 Å². The second-order valence-electron chi connectivity index (χ2n) is 6.30. The van der Waals surface area contributed by atoms with Gasteiger partial charge in [0, 0.05) is 47.0 Å².